The van der Waals surface area contributed by atoms with Crippen LogP contribution in [0.15, 0.2) is 5.16 Å². The first kappa shape index (κ1) is 8.40. The number of thioether (sulfide) groups is 1. The molecule has 1 aliphatic rings. The number of hydrogen-bond donors (Lipinski definition) is 0. The minimum Gasteiger partial charge on any atom is -0.387 e. The summed E-state index contributed by atoms with van der Waals surface area (Å²) in [6, 6.07) is 0. The third kappa shape index (κ3) is 1.32. The summed E-state index contributed by atoms with van der Waals surface area (Å²) in [6.07, 6.45) is 2.00. The lowest BCUT2D eigenvalue weighted by Crippen LogP contribution is -2.31. The monoisotopic (exact) mass is 223 g/mol. The fourth-order valence-electron chi connectivity index (χ4n) is 0.693. The smallest absolute Gasteiger partial charge is 0.150 e. The topological polar surface area (TPSA) is 21.6 Å². The fraction of sp³-hybridized carbons (Fsp3) is 0.833. The first-order chi connectivity index (χ1) is 4.58. The lowest BCUT2D eigenvalue weighted by molar-refractivity contribution is 0.0164. The van der Waals surface area contributed by atoms with Crippen molar-refractivity contribution in [1.82, 2.24) is 0 Å². The Balaban J connectivity index is 2.69. The molecule has 4 heteroatoms. The van der Waals surface area contributed by atoms with E-state index in [2.05, 4.69) is 21.1 Å². The van der Waals surface area contributed by atoms with Gasteiger partial charge < -0.3 is 4.84 Å². The van der Waals surface area contributed by atoms with Gasteiger partial charge in [0.05, 0.1) is 0 Å². The average Bonchev–Trinajstić information content (AvgIpc) is 2.10. The normalized spacial score (nSPS) is 29.6. The van der Waals surface area contributed by atoms with E-state index in [1.54, 1.807) is 11.8 Å². The molecular formula is C6H10BrNOS. The SMILES string of the molecule is CSC1=NOC(C)(C)C1Br. The van der Waals surface area contributed by atoms with Crippen molar-refractivity contribution in [2.45, 2.75) is 24.3 Å². The maximum atomic E-state index is 5.18. The summed E-state index contributed by atoms with van der Waals surface area (Å²) in [4.78, 5) is 5.42. The van der Waals surface area contributed by atoms with Crippen LogP contribution in [0, 0.1) is 0 Å². The summed E-state index contributed by atoms with van der Waals surface area (Å²) < 4.78 is 0. The van der Waals surface area contributed by atoms with Crippen LogP contribution in [0.25, 0.3) is 0 Å². The molecule has 1 rings (SSSR count). The molecule has 0 aromatic carbocycles. The highest BCUT2D eigenvalue weighted by Gasteiger charge is 2.38. The summed E-state index contributed by atoms with van der Waals surface area (Å²) in [5.41, 5.74) is -0.182. The van der Waals surface area contributed by atoms with Crippen molar-refractivity contribution in [2.24, 2.45) is 5.16 Å². The van der Waals surface area contributed by atoms with Gasteiger partial charge in [0.2, 0.25) is 0 Å². The molecular weight excluding hydrogens is 214 g/mol. The fourth-order valence-corrected chi connectivity index (χ4v) is 2.02. The zero-order chi connectivity index (χ0) is 7.78. The van der Waals surface area contributed by atoms with Crippen molar-refractivity contribution in [3.05, 3.63) is 0 Å². The summed E-state index contributed by atoms with van der Waals surface area (Å²) in [5.74, 6) is 0. The number of oxime groups is 1. The Hall–Kier alpha value is 0.300. The molecule has 0 amide bonds. The Morgan fingerprint density at radius 1 is 1.70 bits per heavy atom. The minimum absolute atomic E-state index is 0.182. The summed E-state index contributed by atoms with van der Waals surface area (Å²) in [5, 5.41) is 4.94. The van der Waals surface area contributed by atoms with Crippen LogP contribution in [-0.2, 0) is 4.84 Å². The molecule has 10 heavy (non-hydrogen) atoms. The molecule has 0 bridgehead atoms. The lowest BCUT2D eigenvalue weighted by Gasteiger charge is -2.18. The van der Waals surface area contributed by atoms with E-state index in [0.717, 1.165) is 5.04 Å². The molecule has 0 aromatic heterocycles. The van der Waals surface area contributed by atoms with Crippen LogP contribution in [0.1, 0.15) is 13.8 Å². The molecule has 1 atom stereocenters. The van der Waals surface area contributed by atoms with Crippen LogP contribution in [0.5, 0.6) is 0 Å². The zero-order valence-electron chi connectivity index (χ0n) is 6.22. The van der Waals surface area contributed by atoms with Gasteiger partial charge in [-0.1, -0.05) is 21.1 Å². The number of hydrogen-bond acceptors (Lipinski definition) is 3. The van der Waals surface area contributed by atoms with Gasteiger partial charge in [-0.3, -0.25) is 0 Å². The molecule has 0 radical (unpaired) electrons. The van der Waals surface area contributed by atoms with Crippen molar-refractivity contribution in [3.63, 3.8) is 0 Å². The van der Waals surface area contributed by atoms with E-state index < -0.39 is 0 Å². The van der Waals surface area contributed by atoms with Crippen LogP contribution in [0.4, 0.5) is 0 Å². The van der Waals surface area contributed by atoms with Gasteiger partial charge in [-0.2, -0.15) is 0 Å². The molecule has 0 saturated carbocycles. The molecule has 0 fully saturated rings. The third-order valence-corrected chi connectivity index (χ3v) is 3.98. The molecule has 1 aliphatic heterocycles. The molecule has 1 unspecified atom stereocenters. The molecule has 58 valence electrons. The van der Waals surface area contributed by atoms with Crippen molar-refractivity contribution < 1.29 is 4.84 Å². The molecule has 0 N–H and O–H groups in total. The third-order valence-electron chi connectivity index (χ3n) is 1.41. The van der Waals surface area contributed by atoms with Gasteiger partial charge >= 0.3 is 0 Å². The number of alkyl halides is 1. The molecule has 0 spiro atoms. The average molecular weight is 224 g/mol. The molecule has 0 aromatic rings. The highest BCUT2D eigenvalue weighted by atomic mass is 79.9. The van der Waals surface area contributed by atoms with E-state index in [4.69, 9.17) is 4.84 Å². The predicted molar refractivity (Wildman–Crippen MR) is 48.8 cm³/mol. The van der Waals surface area contributed by atoms with Gasteiger partial charge in [-0.25, -0.2) is 0 Å². The maximum absolute atomic E-state index is 5.18. The molecule has 1 heterocycles. The van der Waals surface area contributed by atoms with Gasteiger partial charge in [0.15, 0.2) is 5.60 Å². The van der Waals surface area contributed by atoms with Gasteiger partial charge in [0.25, 0.3) is 0 Å². The molecule has 2 nitrogen and oxygen atoms in total. The van der Waals surface area contributed by atoms with Gasteiger partial charge in [0.1, 0.15) is 9.87 Å². The Bertz CT molecular complexity index is 169. The molecule has 0 aliphatic carbocycles. The first-order valence-electron chi connectivity index (χ1n) is 3.02. The maximum Gasteiger partial charge on any atom is 0.150 e. The lowest BCUT2D eigenvalue weighted by atomic mass is 10.1. The Kier molecular flexibility index (Phi) is 2.30. The highest BCUT2D eigenvalue weighted by molar-refractivity contribution is 9.10. The Morgan fingerprint density at radius 2 is 2.30 bits per heavy atom. The van der Waals surface area contributed by atoms with Gasteiger partial charge in [-0.15, -0.1) is 11.8 Å². The number of rotatable bonds is 0. The largest absolute Gasteiger partial charge is 0.387 e. The van der Waals surface area contributed by atoms with Crippen LogP contribution >= 0.6 is 27.7 Å². The van der Waals surface area contributed by atoms with E-state index in [-0.39, 0.29) is 10.4 Å². The zero-order valence-corrected chi connectivity index (χ0v) is 8.62. The second-order valence-corrected chi connectivity index (χ2v) is 4.43. The van der Waals surface area contributed by atoms with E-state index >= 15 is 0 Å². The Morgan fingerprint density at radius 3 is 2.50 bits per heavy atom. The molecule has 0 saturated heterocycles. The van der Waals surface area contributed by atoms with E-state index in [9.17, 15) is 0 Å². The van der Waals surface area contributed by atoms with Crippen molar-refractivity contribution in [3.8, 4) is 0 Å². The van der Waals surface area contributed by atoms with Crippen LogP contribution < -0.4 is 0 Å². The summed E-state index contributed by atoms with van der Waals surface area (Å²) in [7, 11) is 0. The number of halogens is 1. The van der Waals surface area contributed by atoms with Crippen molar-refractivity contribution in [2.75, 3.05) is 6.26 Å². The van der Waals surface area contributed by atoms with Crippen LogP contribution in [0.2, 0.25) is 0 Å². The second-order valence-electron chi connectivity index (χ2n) is 2.69. The summed E-state index contributed by atoms with van der Waals surface area (Å²) in [6.45, 7) is 4.03. The van der Waals surface area contributed by atoms with Gasteiger partial charge in [0, 0.05) is 0 Å². The number of nitrogens with zero attached hydrogens (tertiary/aromatic N) is 1. The van der Waals surface area contributed by atoms with Crippen LogP contribution in [-0.4, -0.2) is 21.7 Å². The van der Waals surface area contributed by atoms with E-state index in [1.807, 2.05) is 20.1 Å². The van der Waals surface area contributed by atoms with Crippen molar-refractivity contribution >= 4 is 32.7 Å². The van der Waals surface area contributed by atoms with Gasteiger partial charge in [-0.05, 0) is 20.1 Å². The van der Waals surface area contributed by atoms with Crippen LogP contribution in [0.3, 0.4) is 0 Å². The predicted octanol–water partition coefficient (Wildman–Crippen LogP) is 2.24. The standard InChI is InChI=1S/C6H10BrNOS/c1-6(2)4(7)5(10-3)8-9-6/h4H,1-3H3. The van der Waals surface area contributed by atoms with Crippen molar-refractivity contribution in [1.29, 1.82) is 0 Å². The minimum atomic E-state index is -0.182. The highest BCUT2D eigenvalue weighted by Crippen LogP contribution is 2.32. The van der Waals surface area contributed by atoms with E-state index in [0.29, 0.717) is 0 Å². The summed E-state index contributed by atoms with van der Waals surface area (Å²) >= 11 is 5.13. The first-order valence-corrected chi connectivity index (χ1v) is 5.16. The Labute approximate surface area is 73.5 Å². The van der Waals surface area contributed by atoms with E-state index in [1.165, 1.54) is 0 Å². The second kappa shape index (κ2) is 2.74. The quantitative estimate of drug-likeness (QED) is 0.588.